The normalized spacial score (nSPS) is 9.83. The summed E-state index contributed by atoms with van der Waals surface area (Å²) in [6.07, 6.45) is -0.487. The zero-order chi connectivity index (χ0) is 16.7. The zero-order valence-corrected chi connectivity index (χ0v) is 13.0. The number of carbonyl (C=O) groups excluding carboxylic acids is 2. The van der Waals surface area contributed by atoms with Gasteiger partial charge in [-0.1, -0.05) is 6.07 Å². The third-order valence-electron chi connectivity index (χ3n) is 2.98. The summed E-state index contributed by atoms with van der Waals surface area (Å²) in [7, 11) is 1.34. The summed E-state index contributed by atoms with van der Waals surface area (Å²) in [5, 5.41) is 5.79. The molecule has 0 aliphatic heterocycles. The highest BCUT2D eigenvalue weighted by Crippen LogP contribution is 2.20. The molecule has 0 atom stereocenters. The molecule has 0 saturated carbocycles. The molecule has 2 aromatic rings. The Kier molecular flexibility index (Phi) is 5.57. The summed E-state index contributed by atoms with van der Waals surface area (Å²) < 4.78 is 9.50. The minimum atomic E-state index is -0.487. The SMILES string of the molecule is CCOC(=O)Nc1ccc(Nc2cccc(C(=O)OC)c2)cc1. The van der Waals surface area contributed by atoms with E-state index in [2.05, 4.69) is 10.6 Å². The van der Waals surface area contributed by atoms with E-state index in [-0.39, 0.29) is 5.97 Å². The van der Waals surface area contributed by atoms with E-state index in [9.17, 15) is 9.59 Å². The molecule has 2 N–H and O–H groups in total. The van der Waals surface area contributed by atoms with Crippen molar-refractivity contribution >= 4 is 29.1 Å². The Hall–Kier alpha value is -3.02. The number of carbonyl (C=O) groups is 2. The molecule has 6 nitrogen and oxygen atoms in total. The fourth-order valence-electron chi connectivity index (χ4n) is 1.93. The number of benzene rings is 2. The van der Waals surface area contributed by atoms with Crippen LogP contribution in [0, 0.1) is 0 Å². The molecule has 0 fully saturated rings. The Bertz CT molecular complexity index is 683. The predicted molar refractivity (Wildman–Crippen MR) is 88.2 cm³/mol. The van der Waals surface area contributed by atoms with Gasteiger partial charge in [0.15, 0.2) is 0 Å². The van der Waals surface area contributed by atoms with E-state index in [1.165, 1.54) is 7.11 Å². The van der Waals surface area contributed by atoms with Crippen LogP contribution in [0.3, 0.4) is 0 Å². The molecule has 6 heteroatoms. The van der Waals surface area contributed by atoms with Crippen molar-refractivity contribution in [1.82, 2.24) is 0 Å². The standard InChI is InChI=1S/C17H18N2O4/c1-3-23-17(21)19-14-9-7-13(8-10-14)18-15-6-4-5-12(11-15)16(20)22-2/h4-11,18H,3H2,1-2H3,(H,19,21). The lowest BCUT2D eigenvalue weighted by Gasteiger charge is -2.09. The molecule has 0 unspecified atom stereocenters. The van der Waals surface area contributed by atoms with Crippen molar-refractivity contribution in [2.45, 2.75) is 6.92 Å². The molecule has 0 aliphatic carbocycles. The van der Waals surface area contributed by atoms with Crippen LogP contribution in [0.5, 0.6) is 0 Å². The number of anilines is 3. The van der Waals surface area contributed by atoms with Crippen LogP contribution in [0.25, 0.3) is 0 Å². The molecule has 0 saturated heterocycles. The van der Waals surface area contributed by atoms with Crippen molar-refractivity contribution in [2.75, 3.05) is 24.4 Å². The molecular weight excluding hydrogens is 296 g/mol. The van der Waals surface area contributed by atoms with Gasteiger partial charge in [0.2, 0.25) is 0 Å². The molecular formula is C17H18N2O4. The number of ether oxygens (including phenoxy) is 2. The van der Waals surface area contributed by atoms with Crippen molar-refractivity contribution < 1.29 is 19.1 Å². The van der Waals surface area contributed by atoms with Crippen molar-refractivity contribution in [3.8, 4) is 0 Å². The van der Waals surface area contributed by atoms with E-state index < -0.39 is 6.09 Å². The lowest BCUT2D eigenvalue weighted by Crippen LogP contribution is -2.13. The van der Waals surface area contributed by atoms with Crippen molar-refractivity contribution in [3.63, 3.8) is 0 Å². The molecule has 1 amide bonds. The van der Waals surface area contributed by atoms with Crippen LogP contribution in [0.2, 0.25) is 0 Å². The van der Waals surface area contributed by atoms with Gasteiger partial charge in [0.05, 0.1) is 19.3 Å². The highest BCUT2D eigenvalue weighted by atomic mass is 16.5. The van der Waals surface area contributed by atoms with Gasteiger partial charge in [-0.2, -0.15) is 0 Å². The maximum absolute atomic E-state index is 11.5. The van der Waals surface area contributed by atoms with Gasteiger partial charge in [-0.15, -0.1) is 0 Å². The van der Waals surface area contributed by atoms with E-state index in [4.69, 9.17) is 9.47 Å². The number of methoxy groups -OCH3 is 1. The monoisotopic (exact) mass is 314 g/mol. The number of hydrogen-bond acceptors (Lipinski definition) is 5. The minimum absolute atomic E-state index is 0.321. The molecule has 23 heavy (non-hydrogen) atoms. The second kappa shape index (κ2) is 7.84. The zero-order valence-electron chi connectivity index (χ0n) is 13.0. The van der Waals surface area contributed by atoms with Crippen molar-refractivity contribution in [1.29, 1.82) is 0 Å². The molecule has 0 heterocycles. The summed E-state index contributed by atoms with van der Waals surface area (Å²) in [5.41, 5.74) is 2.69. The van der Waals surface area contributed by atoms with E-state index in [0.717, 1.165) is 11.4 Å². The van der Waals surface area contributed by atoms with Crippen molar-refractivity contribution in [3.05, 3.63) is 54.1 Å². The van der Waals surface area contributed by atoms with Crippen LogP contribution in [-0.2, 0) is 9.47 Å². The smallest absolute Gasteiger partial charge is 0.411 e. The summed E-state index contributed by atoms with van der Waals surface area (Å²) in [5.74, 6) is -0.386. The predicted octanol–water partition coefficient (Wildman–Crippen LogP) is 3.79. The largest absolute Gasteiger partial charge is 0.465 e. The van der Waals surface area contributed by atoms with Gasteiger partial charge in [-0.3, -0.25) is 5.32 Å². The van der Waals surface area contributed by atoms with E-state index in [1.54, 1.807) is 37.3 Å². The third kappa shape index (κ3) is 4.74. The van der Waals surface area contributed by atoms with Gasteiger partial charge in [-0.05, 0) is 49.4 Å². The first-order valence-corrected chi connectivity index (χ1v) is 7.11. The highest BCUT2D eigenvalue weighted by Gasteiger charge is 2.06. The van der Waals surface area contributed by atoms with Gasteiger partial charge in [0, 0.05) is 17.1 Å². The van der Waals surface area contributed by atoms with E-state index in [1.807, 2.05) is 18.2 Å². The van der Waals surface area contributed by atoms with Crippen LogP contribution in [0.15, 0.2) is 48.5 Å². The Morgan fingerprint density at radius 1 is 1.00 bits per heavy atom. The Morgan fingerprint density at radius 2 is 1.70 bits per heavy atom. The lowest BCUT2D eigenvalue weighted by atomic mass is 10.2. The van der Waals surface area contributed by atoms with Crippen molar-refractivity contribution in [2.24, 2.45) is 0 Å². The van der Waals surface area contributed by atoms with Crippen LogP contribution in [0.1, 0.15) is 17.3 Å². The second-order valence-electron chi connectivity index (χ2n) is 4.62. The molecule has 120 valence electrons. The summed E-state index contributed by atoms with van der Waals surface area (Å²) in [6, 6.07) is 14.1. The second-order valence-corrected chi connectivity index (χ2v) is 4.62. The number of rotatable bonds is 5. The molecule has 0 aliphatic rings. The summed E-state index contributed by atoms with van der Waals surface area (Å²) in [4.78, 5) is 22.8. The third-order valence-corrected chi connectivity index (χ3v) is 2.98. The first kappa shape index (κ1) is 16.4. The van der Waals surface area contributed by atoms with E-state index >= 15 is 0 Å². The molecule has 2 aromatic carbocycles. The number of amides is 1. The Balaban J connectivity index is 2.03. The number of hydrogen-bond donors (Lipinski definition) is 2. The maximum atomic E-state index is 11.5. The quantitative estimate of drug-likeness (QED) is 0.821. The van der Waals surface area contributed by atoms with Crippen LogP contribution in [0.4, 0.5) is 21.9 Å². The van der Waals surface area contributed by atoms with E-state index in [0.29, 0.717) is 17.9 Å². The topological polar surface area (TPSA) is 76.7 Å². The first-order valence-electron chi connectivity index (χ1n) is 7.11. The van der Waals surface area contributed by atoms with Crippen LogP contribution >= 0.6 is 0 Å². The molecule has 2 rings (SSSR count). The van der Waals surface area contributed by atoms with Gasteiger partial charge in [0.1, 0.15) is 0 Å². The van der Waals surface area contributed by atoms with Gasteiger partial charge < -0.3 is 14.8 Å². The van der Waals surface area contributed by atoms with Gasteiger partial charge in [0.25, 0.3) is 0 Å². The van der Waals surface area contributed by atoms with Gasteiger partial charge in [-0.25, -0.2) is 9.59 Å². The Labute approximate surface area is 134 Å². The van der Waals surface area contributed by atoms with Crippen LogP contribution < -0.4 is 10.6 Å². The Morgan fingerprint density at radius 3 is 2.35 bits per heavy atom. The maximum Gasteiger partial charge on any atom is 0.411 e. The fraction of sp³-hybridized carbons (Fsp3) is 0.176. The summed E-state index contributed by atoms with van der Waals surface area (Å²) in [6.45, 7) is 2.07. The average molecular weight is 314 g/mol. The number of nitrogens with one attached hydrogen (secondary N) is 2. The molecule has 0 spiro atoms. The molecule has 0 aromatic heterocycles. The highest BCUT2D eigenvalue weighted by molar-refractivity contribution is 5.90. The lowest BCUT2D eigenvalue weighted by molar-refractivity contribution is 0.0600. The molecule has 0 bridgehead atoms. The minimum Gasteiger partial charge on any atom is -0.465 e. The number of esters is 1. The fourth-order valence-corrected chi connectivity index (χ4v) is 1.93. The molecule has 0 radical (unpaired) electrons. The first-order chi connectivity index (χ1) is 11.1. The van der Waals surface area contributed by atoms with Gasteiger partial charge >= 0.3 is 12.1 Å². The van der Waals surface area contributed by atoms with Crippen LogP contribution in [-0.4, -0.2) is 25.8 Å². The average Bonchev–Trinajstić information content (AvgIpc) is 2.56. The summed E-state index contributed by atoms with van der Waals surface area (Å²) >= 11 is 0.